The summed E-state index contributed by atoms with van der Waals surface area (Å²) in [6.07, 6.45) is 0. The van der Waals surface area contributed by atoms with Crippen LogP contribution in [-0.4, -0.2) is 58.7 Å². The van der Waals surface area contributed by atoms with Gasteiger partial charge in [-0.3, -0.25) is 14.5 Å². The molecule has 0 aliphatic carbocycles. The lowest BCUT2D eigenvalue weighted by Crippen LogP contribution is -2.73. The van der Waals surface area contributed by atoms with Gasteiger partial charge in [0.25, 0.3) is 5.56 Å². The smallest absolute Gasteiger partial charge is 0.327 e. The SMILES string of the molecule is CN(C)C1(C(=O)O)CN(c2nc3ccccc3[nH]c2=O)C1. The normalized spacial score (nSPS) is 17.0. The summed E-state index contributed by atoms with van der Waals surface area (Å²) in [6, 6.07) is 7.26. The number of para-hydroxylation sites is 2. The van der Waals surface area contributed by atoms with Crippen LogP contribution in [-0.2, 0) is 4.79 Å². The Morgan fingerprint density at radius 1 is 1.38 bits per heavy atom. The zero-order valence-corrected chi connectivity index (χ0v) is 11.8. The van der Waals surface area contributed by atoms with Crippen LogP contribution < -0.4 is 10.5 Å². The number of benzene rings is 1. The third-order valence-electron chi connectivity index (χ3n) is 4.04. The number of fused-ring (bicyclic) bond motifs is 1. The summed E-state index contributed by atoms with van der Waals surface area (Å²) >= 11 is 0. The maximum Gasteiger partial charge on any atom is 0.327 e. The standard InChI is InChI=1S/C14H16N4O3/c1-17(2)14(13(20)21)7-18(8-14)11-12(19)16-10-6-4-3-5-9(10)15-11/h3-6H,7-8H2,1-2H3,(H,16,19)(H,20,21). The molecule has 2 heterocycles. The molecule has 0 atom stereocenters. The second-order valence-electron chi connectivity index (χ2n) is 5.49. The Morgan fingerprint density at radius 3 is 2.67 bits per heavy atom. The first kappa shape index (κ1) is 13.6. The molecule has 21 heavy (non-hydrogen) atoms. The van der Waals surface area contributed by atoms with Gasteiger partial charge in [0.15, 0.2) is 11.4 Å². The highest BCUT2D eigenvalue weighted by molar-refractivity contribution is 5.84. The number of H-pyrrole nitrogens is 1. The minimum absolute atomic E-state index is 0.240. The lowest BCUT2D eigenvalue weighted by Gasteiger charge is -2.50. The molecular formula is C14H16N4O3. The van der Waals surface area contributed by atoms with Crippen molar-refractivity contribution in [1.82, 2.24) is 14.9 Å². The number of carbonyl (C=O) groups is 1. The molecule has 1 aromatic heterocycles. The summed E-state index contributed by atoms with van der Waals surface area (Å²) in [6.45, 7) is 0.480. The van der Waals surface area contributed by atoms with Crippen molar-refractivity contribution in [2.75, 3.05) is 32.1 Å². The lowest BCUT2D eigenvalue weighted by atomic mass is 9.88. The number of anilines is 1. The fourth-order valence-corrected chi connectivity index (χ4v) is 2.58. The summed E-state index contributed by atoms with van der Waals surface area (Å²) in [7, 11) is 3.45. The summed E-state index contributed by atoms with van der Waals surface area (Å²) in [5.74, 6) is -0.617. The molecule has 3 rings (SSSR count). The Kier molecular flexibility index (Phi) is 2.94. The van der Waals surface area contributed by atoms with Crippen LogP contribution >= 0.6 is 0 Å². The van der Waals surface area contributed by atoms with Crippen LogP contribution in [0.15, 0.2) is 29.1 Å². The van der Waals surface area contributed by atoms with Crippen molar-refractivity contribution in [2.45, 2.75) is 5.54 Å². The van der Waals surface area contributed by atoms with Crippen molar-refractivity contribution in [3.05, 3.63) is 34.6 Å². The average molecular weight is 288 g/mol. The van der Waals surface area contributed by atoms with Gasteiger partial charge in [0.2, 0.25) is 0 Å². The molecule has 0 spiro atoms. The molecule has 1 aliphatic heterocycles. The molecule has 110 valence electrons. The highest BCUT2D eigenvalue weighted by Crippen LogP contribution is 2.29. The van der Waals surface area contributed by atoms with E-state index in [1.54, 1.807) is 30.0 Å². The molecule has 1 aliphatic rings. The monoisotopic (exact) mass is 288 g/mol. The number of hydrogen-bond acceptors (Lipinski definition) is 5. The topological polar surface area (TPSA) is 89.5 Å². The number of carboxylic acids is 1. The zero-order chi connectivity index (χ0) is 15.2. The first-order chi connectivity index (χ1) is 9.94. The van der Waals surface area contributed by atoms with E-state index < -0.39 is 11.5 Å². The van der Waals surface area contributed by atoms with E-state index in [0.29, 0.717) is 11.0 Å². The Bertz CT molecular complexity index is 762. The molecule has 0 bridgehead atoms. The Balaban J connectivity index is 1.95. The Hall–Kier alpha value is -2.41. The van der Waals surface area contributed by atoms with Crippen LogP contribution in [0.1, 0.15) is 0 Å². The van der Waals surface area contributed by atoms with Gasteiger partial charge in [0.05, 0.1) is 24.1 Å². The fraction of sp³-hybridized carbons (Fsp3) is 0.357. The van der Waals surface area contributed by atoms with E-state index in [1.165, 1.54) is 0 Å². The largest absolute Gasteiger partial charge is 0.480 e. The maximum absolute atomic E-state index is 12.1. The Morgan fingerprint density at radius 2 is 2.05 bits per heavy atom. The number of rotatable bonds is 3. The van der Waals surface area contributed by atoms with Crippen LogP contribution in [0, 0.1) is 0 Å². The highest BCUT2D eigenvalue weighted by Gasteiger charge is 2.52. The molecule has 1 fully saturated rings. The number of aromatic amines is 1. The molecule has 1 saturated heterocycles. The van der Waals surface area contributed by atoms with Gasteiger partial charge >= 0.3 is 5.97 Å². The van der Waals surface area contributed by atoms with Crippen molar-refractivity contribution in [1.29, 1.82) is 0 Å². The van der Waals surface area contributed by atoms with Crippen LogP contribution in [0.4, 0.5) is 5.82 Å². The van der Waals surface area contributed by atoms with Crippen LogP contribution in [0.3, 0.4) is 0 Å². The Labute approximate surface area is 120 Å². The van der Waals surface area contributed by atoms with E-state index in [-0.39, 0.29) is 24.5 Å². The zero-order valence-electron chi connectivity index (χ0n) is 11.8. The predicted molar refractivity (Wildman–Crippen MR) is 78.6 cm³/mol. The average Bonchev–Trinajstić information content (AvgIpc) is 2.37. The quantitative estimate of drug-likeness (QED) is 0.834. The summed E-state index contributed by atoms with van der Waals surface area (Å²) in [4.78, 5) is 34.0. The lowest BCUT2D eigenvalue weighted by molar-refractivity contribution is -0.151. The fourth-order valence-electron chi connectivity index (χ4n) is 2.58. The second kappa shape index (κ2) is 4.56. The van der Waals surface area contributed by atoms with E-state index in [1.807, 2.05) is 18.2 Å². The number of aliphatic carboxylic acids is 1. The number of carboxylic acid groups (broad SMARTS) is 1. The third-order valence-corrected chi connectivity index (χ3v) is 4.04. The second-order valence-corrected chi connectivity index (χ2v) is 5.49. The van der Waals surface area contributed by atoms with Gasteiger partial charge in [-0.15, -0.1) is 0 Å². The van der Waals surface area contributed by atoms with Gasteiger partial charge in [-0.1, -0.05) is 12.1 Å². The number of nitrogens with zero attached hydrogens (tertiary/aromatic N) is 3. The van der Waals surface area contributed by atoms with Gasteiger partial charge < -0.3 is 15.0 Å². The number of nitrogens with one attached hydrogen (secondary N) is 1. The number of aromatic nitrogens is 2. The molecule has 0 saturated carbocycles. The van der Waals surface area contributed by atoms with Crippen molar-refractivity contribution >= 4 is 22.8 Å². The van der Waals surface area contributed by atoms with E-state index in [4.69, 9.17) is 0 Å². The number of hydrogen-bond donors (Lipinski definition) is 2. The predicted octanol–water partition coefficient (Wildman–Crippen LogP) is 0.128. The van der Waals surface area contributed by atoms with Crippen molar-refractivity contribution < 1.29 is 9.90 Å². The van der Waals surface area contributed by atoms with Crippen molar-refractivity contribution in [2.24, 2.45) is 0 Å². The van der Waals surface area contributed by atoms with Gasteiger partial charge in [-0.25, -0.2) is 4.98 Å². The minimum atomic E-state index is -0.959. The van der Waals surface area contributed by atoms with Gasteiger partial charge in [0, 0.05) is 0 Å². The minimum Gasteiger partial charge on any atom is -0.480 e. The summed E-state index contributed by atoms with van der Waals surface area (Å²) < 4.78 is 0. The summed E-state index contributed by atoms with van der Waals surface area (Å²) in [5.41, 5.74) is 0.0971. The van der Waals surface area contributed by atoms with Crippen LogP contribution in [0.2, 0.25) is 0 Å². The first-order valence-electron chi connectivity index (χ1n) is 6.59. The maximum atomic E-state index is 12.1. The van der Waals surface area contributed by atoms with Crippen molar-refractivity contribution in [3.8, 4) is 0 Å². The summed E-state index contributed by atoms with van der Waals surface area (Å²) in [5, 5.41) is 9.39. The van der Waals surface area contributed by atoms with Gasteiger partial charge in [0.1, 0.15) is 0 Å². The van der Waals surface area contributed by atoms with E-state index in [0.717, 1.165) is 0 Å². The number of likely N-dealkylation sites (N-methyl/N-ethyl adjacent to an activating group) is 1. The van der Waals surface area contributed by atoms with Crippen molar-refractivity contribution in [3.63, 3.8) is 0 Å². The van der Waals surface area contributed by atoms with E-state index >= 15 is 0 Å². The molecule has 0 amide bonds. The molecule has 0 unspecified atom stereocenters. The van der Waals surface area contributed by atoms with Crippen LogP contribution in [0.25, 0.3) is 11.0 Å². The van der Waals surface area contributed by atoms with Crippen LogP contribution in [0.5, 0.6) is 0 Å². The molecule has 1 aromatic carbocycles. The first-order valence-corrected chi connectivity index (χ1v) is 6.59. The molecule has 0 radical (unpaired) electrons. The molecular weight excluding hydrogens is 272 g/mol. The van der Waals surface area contributed by atoms with Gasteiger partial charge in [-0.05, 0) is 26.2 Å². The molecule has 7 nitrogen and oxygen atoms in total. The molecule has 7 heteroatoms. The third kappa shape index (κ3) is 1.97. The molecule has 2 N–H and O–H groups in total. The highest BCUT2D eigenvalue weighted by atomic mass is 16.4. The van der Waals surface area contributed by atoms with E-state index in [9.17, 15) is 14.7 Å². The molecule has 2 aromatic rings. The van der Waals surface area contributed by atoms with Gasteiger partial charge in [-0.2, -0.15) is 0 Å². The van der Waals surface area contributed by atoms with E-state index in [2.05, 4.69) is 9.97 Å².